The second kappa shape index (κ2) is 4.87. The molecule has 1 N–H and O–H groups in total. The van der Waals surface area contributed by atoms with Crippen molar-refractivity contribution in [1.29, 1.82) is 0 Å². The van der Waals surface area contributed by atoms with Gasteiger partial charge in [0.15, 0.2) is 0 Å². The predicted octanol–water partition coefficient (Wildman–Crippen LogP) is 1.78. The summed E-state index contributed by atoms with van der Waals surface area (Å²) in [6, 6.07) is 1.94. The number of pyridine rings is 1. The average Bonchev–Trinajstić information content (AvgIpc) is 2.02. The van der Waals surface area contributed by atoms with Gasteiger partial charge in [-0.25, -0.2) is 0 Å². The number of halogens is 1. The summed E-state index contributed by atoms with van der Waals surface area (Å²) in [6.07, 6.45) is 4.00. The molecule has 78 valence electrons. The Hall–Kier alpha value is -0.450. The van der Waals surface area contributed by atoms with Crippen LogP contribution in [0.1, 0.15) is 12.5 Å². The maximum absolute atomic E-state index is 9.89. The maximum atomic E-state index is 9.89. The summed E-state index contributed by atoms with van der Waals surface area (Å²) >= 11 is 3.33. The van der Waals surface area contributed by atoms with E-state index < -0.39 is 5.60 Å². The summed E-state index contributed by atoms with van der Waals surface area (Å²) in [7, 11) is 1.58. The molecule has 0 amide bonds. The fraction of sp³-hybridized carbons (Fsp3) is 0.500. The molecule has 0 fully saturated rings. The van der Waals surface area contributed by atoms with E-state index in [0.29, 0.717) is 13.0 Å². The van der Waals surface area contributed by atoms with Crippen molar-refractivity contribution < 1.29 is 9.84 Å². The Kier molecular flexibility index (Phi) is 4.04. The first-order valence-electron chi connectivity index (χ1n) is 4.34. The molecule has 0 aromatic carbocycles. The van der Waals surface area contributed by atoms with Crippen LogP contribution in [0.25, 0.3) is 0 Å². The molecule has 1 rings (SSSR count). The van der Waals surface area contributed by atoms with E-state index in [1.54, 1.807) is 26.4 Å². The summed E-state index contributed by atoms with van der Waals surface area (Å²) in [5, 5.41) is 9.89. The zero-order valence-electron chi connectivity index (χ0n) is 8.33. The van der Waals surface area contributed by atoms with E-state index in [-0.39, 0.29) is 0 Å². The number of methoxy groups -OCH3 is 1. The minimum atomic E-state index is -0.836. The molecule has 1 unspecified atom stereocenters. The fourth-order valence-corrected chi connectivity index (χ4v) is 1.77. The molecule has 0 aliphatic rings. The fourth-order valence-electron chi connectivity index (χ4n) is 1.35. The van der Waals surface area contributed by atoms with Gasteiger partial charge in [-0.2, -0.15) is 0 Å². The molecule has 14 heavy (non-hydrogen) atoms. The lowest BCUT2D eigenvalue weighted by Crippen LogP contribution is -2.32. The lowest BCUT2D eigenvalue weighted by molar-refractivity contribution is -0.0161. The van der Waals surface area contributed by atoms with Gasteiger partial charge in [-0.1, -0.05) is 0 Å². The van der Waals surface area contributed by atoms with Gasteiger partial charge in [-0.05, 0) is 34.5 Å². The number of ether oxygens (including phenoxy) is 1. The zero-order valence-corrected chi connectivity index (χ0v) is 9.91. The Bertz CT molecular complexity index is 302. The van der Waals surface area contributed by atoms with E-state index in [2.05, 4.69) is 20.9 Å². The Labute approximate surface area is 92.3 Å². The van der Waals surface area contributed by atoms with E-state index in [1.165, 1.54) is 0 Å². The van der Waals surface area contributed by atoms with Crippen LogP contribution in [0.2, 0.25) is 0 Å². The second-order valence-corrected chi connectivity index (χ2v) is 4.53. The first kappa shape index (κ1) is 11.6. The molecule has 0 spiro atoms. The van der Waals surface area contributed by atoms with Crippen molar-refractivity contribution in [2.24, 2.45) is 0 Å². The van der Waals surface area contributed by atoms with E-state index in [9.17, 15) is 5.11 Å². The Morgan fingerprint density at radius 1 is 1.57 bits per heavy atom. The smallest absolute Gasteiger partial charge is 0.0892 e. The molecule has 1 atom stereocenters. The molecule has 0 radical (unpaired) electrons. The molecular weight excluding hydrogens is 246 g/mol. The first-order valence-corrected chi connectivity index (χ1v) is 5.13. The molecule has 0 saturated carbocycles. The van der Waals surface area contributed by atoms with Gasteiger partial charge in [-0.15, -0.1) is 0 Å². The van der Waals surface area contributed by atoms with Gasteiger partial charge in [0, 0.05) is 30.4 Å². The van der Waals surface area contributed by atoms with E-state index in [1.807, 2.05) is 6.07 Å². The summed E-state index contributed by atoms with van der Waals surface area (Å²) in [5.74, 6) is 0. The minimum absolute atomic E-state index is 0.319. The molecule has 0 bridgehead atoms. The van der Waals surface area contributed by atoms with Gasteiger partial charge in [0.05, 0.1) is 12.2 Å². The first-order chi connectivity index (χ1) is 6.53. The van der Waals surface area contributed by atoms with Gasteiger partial charge >= 0.3 is 0 Å². The van der Waals surface area contributed by atoms with Gasteiger partial charge in [-0.3, -0.25) is 4.98 Å². The number of hydrogen-bond acceptors (Lipinski definition) is 3. The lowest BCUT2D eigenvalue weighted by atomic mass is 9.99. The van der Waals surface area contributed by atoms with E-state index in [0.717, 1.165) is 10.0 Å². The summed E-state index contributed by atoms with van der Waals surface area (Å²) in [6.45, 7) is 2.07. The van der Waals surface area contributed by atoms with E-state index >= 15 is 0 Å². The number of hydrogen-bond donors (Lipinski definition) is 1. The number of nitrogens with zero attached hydrogens (tertiary/aromatic N) is 1. The van der Waals surface area contributed by atoms with Crippen molar-refractivity contribution in [3.63, 3.8) is 0 Å². The van der Waals surface area contributed by atoms with Crippen LogP contribution in [-0.2, 0) is 11.2 Å². The highest BCUT2D eigenvalue weighted by Crippen LogP contribution is 2.16. The van der Waals surface area contributed by atoms with Crippen molar-refractivity contribution >= 4 is 15.9 Å². The lowest BCUT2D eigenvalue weighted by Gasteiger charge is -2.21. The van der Waals surface area contributed by atoms with Crippen LogP contribution in [0.3, 0.4) is 0 Å². The topological polar surface area (TPSA) is 42.4 Å². The predicted molar refractivity (Wildman–Crippen MR) is 58.1 cm³/mol. The maximum Gasteiger partial charge on any atom is 0.0892 e. The highest BCUT2D eigenvalue weighted by Gasteiger charge is 2.20. The zero-order chi connectivity index (χ0) is 10.6. The van der Waals surface area contributed by atoms with Crippen molar-refractivity contribution in [2.45, 2.75) is 18.9 Å². The molecule has 0 saturated heterocycles. The molecule has 4 heteroatoms. The third-order valence-corrected chi connectivity index (χ3v) is 2.24. The number of rotatable bonds is 4. The molecular formula is C10H14BrNO2. The van der Waals surface area contributed by atoms with Crippen LogP contribution in [0.4, 0.5) is 0 Å². The number of aromatic nitrogens is 1. The van der Waals surface area contributed by atoms with Crippen LogP contribution >= 0.6 is 15.9 Å². The minimum Gasteiger partial charge on any atom is -0.387 e. The highest BCUT2D eigenvalue weighted by molar-refractivity contribution is 9.10. The molecule has 3 nitrogen and oxygen atoms in total. The Morgan fingerprint density at radius 3 is 2.86 bits per heavy atom. The monoisotopic (exact) mass is 259 g/mol. The highest BCUT2D eigenvalue weighted by atomic mass is 79.9. The third kappa shape index (κ3) is 3.74. The van der Waals surface area contributed by atoms with Crippen LogP contribution in [0, 0.1) is 0 Å². The quantitative estimate of drug-likeness (QED) is 0.897. The normalized spacial score (nSPS) is 15.1. The SMILES string of the molecule is COCC(C)(O)Cc1cncc(Br)c1. The van der Waals surface area contributed by atoms with Crippen LogP contribution in [-0.4, -0.2) is 29.4 Å². The van der Waals surface area contributed by atoms with Crippen molar-refractivity contribution in [3.8, 4) is 0 Å². The average molecular weight is 260 g/mol. The molecule has 1 heterocycles. The second-order valence-electron chi connectivity index (χ2n) is 3.62. The molecule has 1 aromatic heterocycles. The van der Waals surface area contributed by atoms with Crippen molar-refractivity contribution in [1.82, 2.24) is 4.98 Å². The largest absolute Gasteiger partial charge is 0.387 e. The molecule has 1 aromatic rings. The Morgan fingerprint density at radius 2 is 2.29 bits per heavy atom. The van der Waals surface area contributed by atoms with Gasteiger partial charge in [0.2, 0.25) is 0 Å². The van der Waals surface area contributed by atoms with Gasteiger partial charge < -0.3 is 9.84 Å². The van der Waals surface area contributed by atoms with Gasteiger partial charge in [0.25, 0.3) is 0 Å². The van der Waals surface area contributed by atoms with Crippen LogP contribution in [0.15, 0.2) is 22.9 Å². The summed E-state index contributed by atoms with van der Waals surface area (Å²) in [5.41, 5.74) is 0.151. The van der Waals surface area contributed by atoms with Crippen molar-refractivity contribution in [3.05, 3.63) is 28.5 Å². The van der Waals surface area contributed by atoms with Crippen LogP contribution in [0.5, 0.6) is 0 Å². The Balaban J connectivity index is 2.68. The third-order valence-electron chi connectivity index (χ3n) is 1.80. The van der Waals surface area contributed by atoms with E-state index in [4.69, 9.17) is 4.74 Å². The van der Waals surface area contributed by atoms with Crippen LogP contribution < -0.4 is 0 Å². The summed E-state index contributed by atoms with van der Waals surface area (Å²) < 4.78 is 5.85. The van der Waals surface area contributed by atoms with Crippen molar-refractivity contribution in [2.75, 3.05) is 13.7 Å². The molecule has 0 aliphatic carbocycles. The summed E-state index contributed by atoms with van der Waals surface area (Å²) in [4.78, 5) is 4.03. The standard InChI is InChI=1S/C10H14BrNO2/c1-10(13,7-14-2)4-8-3-9(11)6-12-5-8/h3,5-6,13H,4,7H2,1-2H3. The molecule has 0 aliphatic heterocycles. The van der Waals surface area contributed by atoms with Gasteiger partial charge in [0.1, 0.15) is 0 Å². The number of aliphatic hydroxyl groups is 1.